The molecule has 0 aliphatic carbocycles. The first-order valence-electron chi connectivity index (χ1n) is 8.58. The quantitative estimate of drug-likeness (QED) is 0.633. The zero-order valence-electron chi connectivity index (χ0n) is 15.5. The average molecular weight is 385 g/mol. The van der Waals surface area contributed by atoms with Crippen LogP contribution < -0.4 is 9.47 Å². The number of rotatable bonds is 6. The van der Waals surface area contributed by atoms with E-state index >= 15 is 0 Å². The molecule has 27 heavy (non-hydrogen) atoms. The van der Waals surface area contributed by atoms with Gasteiger partial charge in [-0.15, -0.1) is 0 Å². The molecule has 0 N–H and O–H groups in total. The van der Waals surface area contributed by atoms with Gasteiger partial charge in [0.05, 0.1) is 35.5 Å². The number of nitrogens with zero attached hydrogens (tertiary/aromatic N) is 2. The fourth-order valence-corrected chi connectivity index (χ4v) is 2.95. The molecule has 1 amide bonds. The number of aromatic nitrogens is 1. The minimum Gasteiger partial charge on any atom is -0.497 e. The normalized spacial score (nSPS) is 10.7. The molecule has 0 unspecified atom stereocenters. The molecular formula is C21H21ClN2O3. The van der Waals surface area contributed by atoms with Crippen molar-refractivity contribution in [2.45, 2.75) is 6.92 Å². The highest BCUT2D eigenvalue weighted by Gasteiger charge is 2.16. The Morgan fingerprint density at radius 3 is 2.70 bits per heavy atom. The lowest BCUT2D eigenvalue weighted by Crippen LogP contribution is -2.31. The lowest BCUT2D eigenvalue weighted by molar-refractivity contribution is 0.0773. The second-order valence-electron chi connectivity index (χ2n) is 6.19. The highest BCUT2D eigenvalue weighted by Crippen LogP contribution is 2.24. The summed E-state index contributed by atoms with van der Waals surface area (Å²) in [6.07, 6.45) is 0. The largest absolute Gasteiger partial charge is 0.497 e. The number of pyridine rings is 1. The molecule has 6 heteroatoms. The lowest BCUT2D eigenvalue weighted by Gasteiger charge is -2.19. The Kier molecular flexibility index (Phi) is 5.81. The SMILES string of the molecule is COc1ccc2nc(C)c(C(=O)N(C)CCOc3ccccc3Cl)cc2c1. The Bertz CT molecular complexity index is 975. The van der Waals surface area contributed by atoms with E-state index in [2.05, 4.69) is 4.98 Å². The van der Waals surface area contributed by atoms with Crippen molar-refractivity contribution in [3.63, 3.8) is 0 Å². The maximum absolute atomic E-state index is 12.8. The number of amides is 1. The fraction of sp³-hybridized carbons (Fsp3) is 0.238. The highest BCUT2D eigenvalue weighted by molar-refractivity contribution is 6.32. The van der Waals surface area contributed by atoms with Crippen molar-refractivity contribution in [2.24, 2.45) is 0 Å². The van der Waals surface area contributed by atoms with Crippen molar-refractivity contribution in [1.82, 2.24) is 9.88 Å². The van der Waals surface area contributed by atoms with E-state index in [-0.39, 0.29) is 5.91 Å². The van der Waals surface area contributed by atoms with Gasteiger partial charge in [0.1, 0.15) is 18.1 Å². The Labute approximate surface area is 163 Å². The zero-order chi connectivity index (χ0) is 19.4. The summed E-state index contributed by atoms with van der Waals surface area (Å²) in [6.45, 7) is 2.62. The van der Waals surface area contributed by atoms with Gasteiger partial charge in [0.15, 0.2) is 0 Å². The molecule has 2 aromatic carbocycles. The van der Waals surface area contributed by atoms with E-state index in [4.69, 9.17) is 21.1 Å². The number of ether oxygens (including phenoxy) is 2. The van der Waals surface area contributed by atoms with E-state index in [0.717, 1.165) is 16.7 Å². The monoisotopic (exact) mass is 384 g/mol. The van der Waals surface area contributed by atoms with Crippen LogP contribution >= 0.6 is 11.6 Å². The van der Waals surface area contributed by atoms with Gasteiger partial charge in [-0.1, -0.05) is 23.7 Å². The van der Waals surface area contributed by atoms with Gasteiger partial charge in [0.2, 0.25) is 0 Å². The molecule has 0 atom stereocenters. The Hall–Kier alpha value is -2.79. The van der Waals surface area contributed by atoms with E-state index in [1.807, 2.05) is 43.3 Å². The molecule has 0 fully saturated rings. The smallest absolute Gasteiger partial charge is 0.255 e. The molecule has 0 bridgehead atoms. The molecule has 0 aliphatic heterocycles. The van der Waals surface area contributed by atoms with Crippen LogP contribution in [0.1, 0.15) is 16.1 Å². The van der Waals surface area contributed by atoms with Crippen LogP contribution in [0.4, 0.5) is 0 Å². The molecule has 140 valence electrons. The predicted molar refractivity (Wildman–Crippen MR) is 107 cm³/mol. The zero-order valence-corrected chi connectivity index (χ0v) is 16.3. The van der Waals surface area contributed by atoms with Crippen LogP contribution in [-0.2, 0) is 0 Å². The van der Waals surface area contributed by atoms with Gasteiger partial charge in [0.25, 0.3) is 5.91 Å². The summed E-state index contributed by atoms with van der Waals surface area (Å²) in [5.74, 6) is 1.23. The van der Waals surface area contributed by atoms with Gasteiger partial charge in [-0.3, -0.25) is 9.78 Å². The van der Waals surface area contributed by atoms with E-state index in [9.17, 15) is 4.79 Å². The summed E-state index contributed by atoms with van der Waals surface area (Å²) in [5.41, 5.74) is 2.09. The number of fused-ring (bicyclic) bond motifs is 1. The molecule has 3 aromatic rings. The van der Waals surface area contributed by atoms with Crippen molar-refractivity contribution in [1.29, 1.82) is 0 Å². The van der Waals surface area contributed by atoms with Crippen molar-refractivity contribution in [3.8, 4) is 11.5 Å². The minimum atomic E-state index is -0.104. The Balaban J connectivity index is 1.72. The van der Waals surface area contributed by atoms with Crippen LogP contribution in [0.25, 0.3) is 10.9 Å². The maximum Gasteiger partial charge on any atom is 0.255 e. The van der Waals surface area contributed by atoms with Crippen LogP contribution in [0.2, 0.25) is 5.02 Å². The predicted octanol–water partition coefficient (Wildman–Crippen LogP) is 4.36. The van der Waals surface area contributed by atoms with Crippen molar-refractivity contribution in [3.05, 3.63) is 64.8 Å². The lowest BCUT2D eigenvalue weighted by atomic mass is 10.1. The minimum absolute atomic E-state index is 0.104. The number of methoxy groups -OCH3 is 1. The molecule has 0 spiro atoms. The molecule has 1 aromatic heterocycles. The van der Waals surface area contributed by atoms with Crippen molar-refractivity contribution < 1.29 is 14.3 Å². The van der Waals surface area contributed by atoms with Crippen LogP contribution in [0.15, 0.2) is 48.5 Å². The molecule has 0 saturated heterocycles. The summed E-state index contributed by atoms with van der Waals surface area (Å²) < 4.78 is 10.9. The standard InChI is InChI=1S/C21H21ClN2O3/c1-14-17(13-15-12-16(26-3)8-9-19(15)23-14)21(25)24(2)10-11-27-20-7-5-4-6-18(20)22/h4-9,12-13H,10-11H2,1-3H3. The number of para-hydroxylation sites is 1. The van der Waals surface area contributed by atoms with Crippen LogP contribution in [0, 0.1) is 6.92 Å². The summed E-state index contributed by atoms with van der Waals surface area (Å²) in [7, 11) is 3.36. The molecule has 1 heterocycles. The van der Waals surface area contributed by atoms with E-state index < -0.39 is 0 Å². The Morgan fingerprint density at radius 1 is 1.19 bits per heavy atom. The summed E-state index contributed by atoms with van der Waals surface area (Å²) in [5, 5.41) is 1.42. The first-order chi connectivity index (χ1) is 13.0. The third kappa shape index (κ3) is 4.31. The number of aryl methyl sites for hydroxylation is 1. The first-order valence-corrected chi connectivity index (χ1v) is 8.95. The van der Waals surface area contributed by atoms with Gasteiger partial charge >= 0.3 is 0 Å². The van der Waals surface area contributed by atoms with E-state index in [1.165, 1.54) is 0 Å². The van der Waals surface area contributed by atoms with Gasteiger partial charge in [-0.05, 0) is 43.3 Å². The van der Waals surface area contributed by atoms with Crippen LogP contribution in [0.3, 0.4) is 0 Å². The van der Waals surface area contributed by atoms with Gasteiger partial charge in [-0.25, -0.2) is 0 Å². The molecular weight excluding hydrogens is 364 g/mol. The number of carbonyl (C=O) groups excluding carboxylic acids is 1. The highest BCUT2D eigenvalue weighted by atomic mass is 35.5. The van der Waals surface area contributed by atoms with Gasteiger partial charge in [-0.2, -0.15) is 0 Å². The topological polar surface area (TPSA) is 51.7 Å². The number of halogens is 1. The molecule has 0 aliphatic rings. The molecule has 0 saturated carbocycles. The van der Waals surface area contributed by atoms with Gasteiger partial charge in [0, 0.05) is 12.4 Å². The first kappa shape index (κ1) is 19.0. The second kappa shape index (κ2) is 8.27. The number of likely N-dealkylation sites (N-methyl/N-ethyl adjacent to an activating group) is 1. The number of hydrogen-bond acceptors (Lipinski definition) is 4. The third-order valence-corrected chi connectivity index (χ3v) is 4.62. The fourth-order valence-electron chi connectivity index (χ4n) is 2.76. The number of benzene rings is 2. The van der Waals surface area contributed by atoms with Gasteiger partial charge < -0.3 is 14.4 Å². The maximum atomic E-state index is 12.8. The summed E-state index contributed by atoms with van der Waals surface area (Å²) in [6, 6.07) is 14.7. The van der Waals surface area contributed by atoms with Crippen molar-refractivity contribution >= 4 is 28.4 Å². The third-order valence-electron chi connectivity index (χ3n) is 4.31. The average Bonchev–Trinajstić information content (AvgIpc) is 2.68. The molecule has 3 rings (SSSR count). The van der Waals surface area contributed by atoms with E-state index in [1.54, 1.807) is 31.2 Å². The molecule has 5 nitrogen and oxygen atoms in total. The number of hydrogen-bond donors (Lipinski definition) is 0. The second-order valence-corrected chi connectivity index (χ2v) is 6.59. The van der Waals surface area contributed by atoms with Crippen LogP contribution in [-0.4, -0.2) is 43.1 Å². The Morgan fingerprint density at radius 2 is 1.96 bits per heavy atom. The summed E-state index contributed by atoms with van der Waals surface area (Å²) in [4.78, 5) is 19.0. The van der Waals surface area contributed by atoms with Crippen LogP contribution in [0.5, 0.6) is 11.5 Å². The summed E-state index contributed by atoms with van der Waals surface area (Å²) >= 11 is 6.07. The molecule has 0 radical (unpaired) electrons. The van der Waals surface area contributed by atoms with Crippen molar-refractivity contribution in [2.75, 3.05) is 27.3 Å². The number of carbonyl (C=O) groups is 1. The van der Waals surface area contributed by atoms with E-state index in [0.29, 0.717) is 35.2 Å².